The van der Waals surface area contributed by atoms with E-state index < -0.39 is 27.2 Å². The molecule has 0 unspecified atom stereocenters. The molecule has 0 aliphatic heterocycles. The van der Waals surface area contributed by atoms with Crippen molar-refractivity contribution < 1.29 is 34.0 Å². The number of carboxylic acid groups (broad SMARTS) is 1. The van der Waals surface area contributed by atoms with Crippen LogP contribution in [-0.4, -0.2) is 42.3 Å². The highest BCUT2D eigenvalue weighted by Gasteiger charge is 2.25. The number of nitrogens with one attached hydrogen (secondary N) is 1. The molecule has 0 bridgehead atoms. The van der Waals surface area contributed by atoms with Crippen LogP contribution in [0.4, 0.5) is 11.4 Å². The minimum Gasteiger partial charge on any atom is -0.493 e. The summed E-state index contributed by atoms with van der Waals surface area (Å²) < 4.78 is 16.2. The number of non-ortho nitro benzene ring substituents is 1. The number of nitro benzene ring substituents is 2. The van der Waals surface area contributed by atoms with E-state index in [4.69, 9.17) is 19.3 Å². The summed E-state index contributed by atoms with van der Waals surface area (Å²) in [6.07, 6.45) is 2.13. The van der Waals surface area contributed by atoms with Crippen LogP contribution in [0.1, 0.15) is 5.56 Å². The van der Waals surface area contributed by atoms with E-state index in [2.05, 4.69) is 5.32 Å². The van der Waals surface area contributed by atoms with Gasteiger partial charge >= 0.3 is 5.97 Å². The van der Waals surface area contributed by atoms with Crippen molar-refractivity contribution in [2.45, 2.75) is 16.3 Å². The number of methoxy groups -OCH3 is 3. The van der Waals surface area contributed by atoms with E-state index >= 15 is 0 Å². The van der Waals surface area contributed by atoms with Crippen molar-refractivity contribution >= 4 is 29.1 Å². The van der Waals surface area contributed by atoms with Gasteiger partial charge in [-0.2, -0.15) is 0 Å². The maximum Gasteiger partial charge on any atom is 0.329 e. The minimum absolute atomic E-state index is 0.0798. The van der Waals surface area contributed by atoms with Crippen molar-refractivity contribution in [2.75, 3.05) is 21.3 Å². The third-order valence-electron chi connectivity index (χ3n) is 4.08. The molecule has 0 aliphatic carbocycles. The van der Waals surface area contributed by atoms with E-state index in [0.717, 1.165) is 23.9 Å². The van der Waals surface area contributed by atoms with Gasteiger partial charge in [0, 0.05) is 35.3 Å². The molecule has 12 nitrogen and oxygen atoms in total. The van der Waals surface area contributed by atoms with Crippen molar-refractivity contribution in [1.29, 1.82) is 0 Å². The molecule has 0 fully saturated rings. The van der Waals surface area contributed by atoms with Crippen molar-refractivity contribution in [3.63, 3.8) is 0 Å². The highest BCUT2D eigenvalue weighted by atomic mass is 32.2. The lowest BCUT2D eigenvalue weighted by Gasteiger charge is -2.19. The number of carboxylic acids is 1. The zero-order valence-corrected chi connectivity index (χ0v) is 18.0. The first kappa shape index (κ1) is 24.3. The highest BCUT2D eigenvalue weighted by Crippen LogP contribution is 2.48. The van der Waals surface area contributed by atoms with Gasteiger partial charge in [0.05, 0.1) is 42.1 Å². The van der Waals surface area contributed by atoms with Gasteiger partial charge in [0.15, 0.2) is 11.5 Å². The molecule has 0 aliphatic rings. The van der Waals surface area contributed by atoms with Gasteiger partial charge in [-0.3, -0.25) is 20.2 Å². The average molecular weight is 465 g/mol. The van der Waals surface area contributed by atoms with E-state index in [-0.39, 0.29) is 22.9 Å². The maximum atomic E-state index is 11.5. The lowest BCUT2D eigenvalue weighted by atomic mass is 10.1. The van der Waals surface area contributed by atoms with Gasteiger partial charge < -0.3 is 24.6 Å². The fourth-order valence-electron chi connectivity index (χ4n) is 2.71. The van der Waals surface area contributed by atoms with Crippen LogP contribution in [0.5, 0.6) is 17.2 Å². The molecule has 2 aromatic carbocycles. The van der Waals surface area contributed by atoms with E-state index in [1.807, 2.05) is 0 Å². The van der Waals surface area contributed by atoms with Gasteiger partial charge in [-0.25, -0.2) is 4.79 Å². The van der Waals surface area contributed by atoms with Crippen LogP contribution in [0.25, 0.3) is 0 Å². The number of hydrogen-bond donors (Lipinski definition) is 2. The maximum absolute atomic E-state index is 11.5. The minimum atomic E-state index is -1.15. The van der Waals surface area contributed by atoms with Crippen LogP contribution in [0.2, 0.25) is 0 Å². The quantitative estimate of drug-likeness (QED) is 0.284. The Balaban J connectivity index is 2.62. The molecule has 170 valence electrons. The van der Waals surface area contributed by atoms with E-state index in [9.17, 15) is 25.0 Å². The summed E-state index contributed by atoms with van der Waals surface area (Å²) in [5.41, 5.74) is -0.355. The molecular weight excluding hydrogens is 446 g/mol. The number of nitrogens with zero attached hydrogens (tertiary/aromatic N) is 2. The third-order valence-corrected chi connectivity index (χ3v) is 5.23. The summed E-state index contributed by atoms with van der Waals surface area (Å²) in [6.45, 7) is 0.0798. The third kappa shape index (κ3) is 5.57. The fourth-order valence-corrected chi connectivity index (χ4v) is 3.77. The zero-order valence-electron chi connectivity index (χ0n) is 17.2. The molecule has 0 radical (unpaired) electrons. The van der Waals surface area contributed by atoms with Gasteiger partial charge in [-0.15, -0.1) is 0 Å². The van der Waals surface area contributed by atoms with Gasteiger partial charge in [0.25, 0.3) is 11.4 Å². The Hall–Kier alpha value is -4.00. The first-order chi connectivity index (χ1) is 15.2. The molecule has 0 spiro atoms. The fraction of sp³-hybridized carbons (Fsp3) is 0.211. The standard InChI is InChI=1S/C19H19N3O9S/c1-29-14-9-16(32-15-5-4-11(21(25)26)8-13(15)22(27)28)12(10-20-7-6-17(23)24)18(30-2)19(14)31-3/h4-9,20H,10H2,1-3H3,(H,23,24). The monoisotopic (exact) mass is 465 g/mol. The molecule has 0 atom stereocenters. The number of carbonyl (C=O) groups is 1. The second-order valence-electron chi connectivity index (χ2n) is 5.94. The highest BCUT2D eigenvalue weighted by molar-refractivity contribution is 7.99. The van der Waals surface area contributed by atoms with Crippen LogP contribution in [-0.2, 0) is 11.3 Å². The number of nitro groups is 2. The Morgan fingerprint density at radius 2 is 1.75 bits per heavy atom. The first-order valence-electron chi connectivity index (χ1n) is 8.78. The molecule has 0 saturated carbocycles. The average Bonchev–Trinajstić information content (AvgIpc) is 2.76. The molecule has 2 rings (SSSR count). The van der Waals surface area contributed by atoms with Gasteiger partial charge in [0.1, 0.15) is 0 Å². The van der Waals surface area contributed by atoms with Crippen LogP contribution in [0, 0.1) is 20.2 Å². The van der Waals surface area contributed by atoms with E-state index in [1.165, 1.54) is 39.7 Å². The number of rotatable bonds is 11. The normalized spacial score (nSPS) is 10.6. The summed E-state index contributed by atoms with van der Waals surface area (Å²) in [6, 6.07) is 4.91. The number of aliphatic carboxylic acids is 1. The van der Waals surface area contributed by atoms with Gasteiger partial charge in [-0.1, -0.05) is 11.8 Å². The summed E-state index contributed by atoms with van der Waals surface area (Å²) >= 11 is 0.972. The molecule has 0 heterocycles. The lowest BCUT2D eigenvalue weighted by Crippen LogP contribution is -2.10. The Bertz CT molecular complexity index is 1070. The van der Waals surface area contributed by atoms with Crippen LogP contribution in [0.3, 0.4) is 0 Å². The van der Waals surface area contributed by atoms with Crippen molar-refractivity contribution in [3.8, 4) is 17.2 Å². The molecule has 32 heavy (non-hydrogen) atoms. The smallest absolute Gasteiger partial charge is 0.329 e. The molecular formula is C19H19N3O9S. The second-order valence-corrected chi connectivity index (χ2v) is 7.03. The zero-order chi connectivity index (χ0) is 23.8. The van der Waals surface area contributed by atoms with Crippen molar-refractivity contribution in [2.24, 2.45) is 0 Å². The largest absolute Gasteiger partial charge is 0.493 e. The van der Waals surface area contributed by atoms with Crippen molar-refractivity contribution in [3.05, 3.63) is 62.3 Å². The number of benzene rings is 2. The van der Waals surface area contributed by atoms with Crippen LogP contribution < -0.4 is 19.5 Å². The van der Waals surface area contributed by atoms with Crippen molar-refractivity contribution in [1.82, 2.24) is 5.32 Å². The topological polar surface area (TPSA) is 163 Å². The number of hydrogen-bond acceptors (Lipinski definition) is 10. The summed E-state index contributed by atoms with van der Waals surface area (Å²) in [7, 11) is 4.22. The Morgan fingerprint density at radius 1 is 1.06 bits per heavy atom. The second kappa shape index (κ2) is 10.9. The molecule has 13 heteroatoms. The molecule has 2 N–H and O–H groups in total. The predicted molar refractivity (Wildman–Crippen MR) is 114 cm³/mol. The molecule has 0 saturated heterocycles. The Kier molecular flexibility index (Phi) is 8.24. The number of ether oxygens (including phenoxy) is 3. The lowest BCUT2D eigenvalue weighted by molar-refractivity contribution is -0.396. The summed E-state index contributed by atoms with van der Waals surface area (Å²) in [5, 5.41) is 34.1. The SMILES string of the molecule is COc1cc(Sc2ccc([N+](=O)[O-])cc2[N+](=O)[O-])c(CNC=CC(=O)O)c(OC)c1OC. The molecule has 2 aromatic rings. The Morgan fingerprint density at radius 3 is 2.28 bits per heavy atom. The van der Waals surface area contributed by atoms with Gasteiger partial charge in [0.2, 0.25) is 5.75 Å². The first-order valence-corrected chi connectivity index (χ1v) is 9.60. The predicted octanol–water partition coefficient (Wildman–Crippen LogP) is 3.37. The summed E-state index contributed by atoms with van der Waals surface area (Å²) in [5.74, 6) is -0.305. The Labute approximate surface area is 186 Å². The van der Waals surface area contributed by atoms with E-state index in [1.54, 1.807) is 6.07 Å². The van der Waals surface area contributed by atoms with E-state index in [0.29, 0.717) is 16.2 Å². The van der Waals surface area contributed by atoms with Crippen LogP contribution in [0.15, 0.2) is 46.3 Å². The molecule has 0 aromatic heterocycles. The summed E-state index contributed by atoms with van der Waals surface area (Å²) in [4.78, 5) is 32.4. The van der Waals surface area contributed by atoms with Crippen LogP contribution >= 0.6 is 11.8 Å². The van der Waals surface area contributed by atoms with Gasteiger partial charge in [-0.05, 0) is 12.1 Å². The molecule has 0 amide bonds.